The van der Waals surface area contributed by atoms with Crippen LogP contribution < -0.4 is 5.32 Å². The second-order valence-corrected chi connectivity index (χ2v) is 7.59. The second-order valence-electron chi connectivity index (χ2n) is 7.59. The van der Waals surface area contributed by atoms with Crippen LogP contribution in [0.5, 0.6) is 0 Å². The summed E-state index contributed by atoms with van der Waals surface area (Å²) in [4.78, 5) is 11.5. The van der Waals surface area contributed by atoms with Crippen molar-refractivity contribution in [1.29, 1.82) is 0 Å². The molecule has 0 saturated heterocycles. The first kappa shape index (κ1) is 24.7. The van der Waals surface area contributed by atoms with Gasteiger partial charge in [0.2, 0.25) is 5.91 Å². The molecule has 26 heavy (non-hydrogen) atoms. The maximum Gasteiger partial charge on any atom is 0.243 e. The van der Waals surface area contributed by atoms with Crippen molar-refractivity contribution in [2.45, 2.75) is 97.8 Å². The molecule has 150 valence electrons. The van der Waals surface area contributed by atoms with Gasteiger partial charge in [0.05, 0.1) is 0 Å². The van der Waals surface area contributed by atoms with Gasteiger partial charge in [0.25, 0.3) is 0 Å². The molecule has 0 fully saturated rings. The Labute approximate surface area is 163 Å². The minimum atomic E-state index is -0.00244. The third-order valence-corrected chi connectivity index (χ3v) is 4.31. The Bertz CT molecular complexity index is 393. The highest BCUT2D eigenvalue weighted by atomic mass is 16.1. The van der Waals surface area contributed by atoms with Crippen LogP contribution in [0.3, 0.4) is 0 Å². The summed E-state index contributed by atoms with van der Waals surface area (Å²) in [6, 6.07) is 0. The van der Waals surface area contributed by atoms with Gasteiger partial charge >= 0.3 is 0 Å². The number of nitrogens with one attached hydrogen (secondary N) is 1. The summed E-state index contributed by atoms with van der Waals surface area (Å²) < 4.78 is 0. The Balaban J connectivity index is 3.36. The van der Waals surface area contributed by atoms with E-state index in [2.05, 4.69) is 44.3 Å². The standard InChI is InChI=1S/C24H43NO/c1-4-5-6-7-8-9-10-11-12-13-14-15-16-17-18-19-20-21-24(26)25-22-23(2)3/h10-11,18-21,23H,4-9,12-17,22H2,1-3H3,(H,25,26)/b11-10-,19-18+,21-20+. The van der Waals surface area contributed by atoms with Crippen LogP contribution in [0.15, 0.2) is 36.5 Å². The van der Waals surface area contributed by atoms with Crippen LogP contribution >= 0.6 is 0 Å². The lowest BCUT2D eigenvalue weighted by Gasteiger charge is -2.03. The lowest BCUT2D eigenvalue weighted by molar-refractivity contribution is -0.116. The summed E-state index contributed by atoms with van der Waals surface area (Å²) in [5, 5.41) is 2.87. The highest BCUT2D eigenvalue weighted by molar-refractivity contribution is 5.87. The van der Waals surface area contributed by atoms with Gasteiger partial charge in [-0.3, -0.25) is 4.79 Å². The monoisotopic (exact) mass is 361 g/mol. The Kier molecular flexibility index (Phi) is 19.0. The fourth-order valence-corrected chi connectivity index (χ4v) is 2.66. The molecule has 0 radical (unpaired) electrons. The van der Waals surface area contributed by atoms with E-state index < -0.39 is 0 Å². The van der Waals surface area contributed by atoms with Crippen molar-refractivity contribution in [3.05, 3.63) is 36.5 Å². The molecule has 0 rings (SSSR count). The maximum absolute atomic E-state index is 11.5. The normalized spacial score (nSPS) is 12.2. The average molecular weight is 362 g/mol. The van der Waals surface area contributed by atoms with Gasteiger partial charge in [-0.05, 0) is 44.4 Å². The Morgan fingerprint density at radius 3 is 1.85 bits per heavy atom. The fraction of sp³-hybridized carbons (Fsp3) is 0.708. The quantitative estimate of drug-likeness (QED) is 0.127. The molecule has 0 unspecified atom stereocenters. The first-order valence-corrected chi connectivity index (χ1v) is 10.9. The number of hydrogen-bond donors (Lipinski definition) is 1. The highest BCUT2D eigenvalue weighted by Crippen LogP contribution is 2.08. The summed E-state index contributed by atoms with van der Waals surface area (Å²) >= 11 is 0. The SMILES string of the molecule is CCCCCCC/C=C\CCCCCC/C=C/C=C/C(=O)NCC(C)C. The largest absolute Gasteiger partial charge is 0.352 e. The summed E-state index contributed by atoms with van der Waals surface area (Å²) in [5.41, 5.74) is 0. The molecule has 0 spiro atoms. The summed E-state index contributed by atoms with van der Waals surface area (Å²) in [6.45, 7) is 7.19. The Hall–Kier alpha value is -1.31. The number of carbonyl (C=O) groups is 1. The van der Waals surface area contributed by atoms with E-state index in [1.165, 1.54) is 70.6 Å². The van der Waals surface area contributed by atoms with E-state index in [-0.39, 0.29) is 5.91 Å². The van der Waals surface area contributed by atoms with Crippen molar-refractivity contribution in [3.8, 4) is 0 Å². The van der Waals surface area contributed by atoms with Gasteiger partial charge in [-0.15, -0.1) is 0 Å². The number of allylic oxidation sites excluding steroid dienone is 5. The Morgan fingerprint density at radius 2 is 1.31 bits per heavy atom. The van der Waals surface area contributed by atoms with E-state index in [9.17, 15) is 4.79 Å². The third-order valence-electron chi connectivity index (χ3n) is 4.31. The smallest absolute Gasteiger partial charge is 0.243 e. The van der Waals surface area contributed by atoms with Crippen molar-refractivity contribution < 1.29 is 4.79 Å². The molecular weight excluding hydrogens is 318 g/mol. The molecule has 0 bridgehead atoms. The maximum atomic E-state index is 11.5. The van der Waals surface area contributed by atoms with Crippen molar-refractivity contribution in [1.82, 2.24) is 5.32 Å². The zero-order valence-electron chi connectivity index (χ0n) is 17.6. The molecule has 1 amide bonds. The molecule has 0 saturated carbocycles. The summed E-state index contributed by atoms with van der Waals surface area (Å²) in [5.74, 6) is 0.492. The fourth-order valence-electron chi connectivity index (χ4n) is 2.66. The van der Waals surface area contributed by atoms with Crippen LogP contribution in [0.25, 0.3) is 0 Å². The molecule has 0 aromatic rings. The van der Waals surface area contributed by atoms with Gasteiger partial charge in [-0.25, -0.2) is 0 Å². The zero-order valence-corrected chi connectivity index (χ0v) is 17.6. The topological polar surface area (TPSA) is 29.1 Å². The van der Waals surface area contributed by atoms with Crippen LogP contribution in [0, 0.1) is 5.92 Å². The third kappa shape index (κ3) is 20.7. The lowest BCUT2D eigenvalue weighted by atomic mass is 10.1. The van der Waals surface area contributed by atoms with E-state index in [1.807, 2.05) is 12.2 Å². The predicted octanol–water partition coefficient (Wildman–Crippen LogP) is 7.13. The van der Waals surface area contributed by atoms with Crippen molar-refractivity contribution in [2.75, 3.05) is 6.54 Å². The molecule has 0 aliphatic rings. The number of carbonyl (C=O) groups excluding carboxylic acids is 1. The average Bonchev–Trinajstić information content (AvgIpc) is 2.62. The van der Waals surface area contributed by atoms with E-state index in [1.54, 1.807) is 6.08 Å². The number of hydrogen-bond acceptors (Lipinski definition) is 1. The van der Waals surface area contributed by atoms with Crippen molar-refractivity contribution in [3.63, 3.8) is 0 Å². The van der Waals surface area contributed by atoms with E-state index in [0.29, 0.717) is 5.92 Å². The first-order chi connectivity index (χ1) is 12.7. The van der Waals surface area contributed by atoms with E-state index in [0.717, 1.165) is 13.0 Å². The number of unbranched alkanes of at least 4 members (excludes halogenated alkanes) is 10. The molecule has 2 heteroatoms. The van der Waals surface area contributed by atoms with Crippen molar-refractivity contribution in [2.24, 2.45) is 5.92 Å². The molecule has 0 aliphatic carbocycles. The van der Waals surface area contributed by atoms with Crippen molar-refractivity contribution >= 4 is 5.91 Å². The molecule has 0 aromatic carbocycles. The molecule has 0 atom stereocenters. The number of rotatable bonds is 17. The van der Waals surface area contributed by atoms with Crippen LogP contribution in [-0.2, 0) is 4.79 Å². The highest BCUT2D eigenvalue weighted by Gasteiger charge is 1.95. The van der Waals surface area contributed by atoms with Gasteiger partial charge in [-0.2, -0.15) is 0 Å². The lowest BCUT2D eigenvalue weighted by Crippen LogP contribution is -2.25. The van der Waals surface area contributed by atoms with E-state index >= 15 is 0 Å². The zero-order chi connectivity index (χ0) is 19.3. The molecule has 2 nitrogen and oxygen atoms in total. The Morgan fingerprint density at radius 1 is 0.769 bits per heavy atom. The minimum absolute atomic E-state index is 0.00244. The minimum Gasteiger partial charge on any atom is -0.352 e. The van der Waals surface area contributed by atoms with Crippen LogP contribution in [0.4, 0.5) is 0 Å². The summed E-state index contributed by atoms with van der Waals surface area (Å²) in [7, 11) is 0. The second kappa shape index (κ2) is 20.0. The van der Waals surface area contributed by atoms with E-state index in [4.69, 9.17) is 0 Å². The predicted molar refractivity (Wildman–Crippen MR) is 116 cm³/mol. The van der Waals surface area contributed by atoms with Gasteiger partial charge in [0, 0.05) is 12.6 Å². The number of amides is 1. The molecule has 0 heterocycles. The molecular formula is C24H43NO. The van der Waals surface area contributed by atoms with Crippen LogP contribution in [0.2, 0.25) is 0 Å². The van der Waals surface area contributed by atoms with Gasteiger partial charge < -0.3 is 5.32 Å². The van der Waals surface area contributed by atoms with Crippen LogP contribution in [-0.4, -0.2) is 12.5 Å². The van der Waals surface area contributed by atoms with Crippen LogP contribution in [0.1, 0.15) is 97.8 Å². The molecule has 0 aliphatic heterocycles. The van der Waals surface area contributed by atoms with Gasteiger partial charge in [0.1, 0.15) is 0 Å². The van der Waals surface area contributed by atoms with Gasteiger partial charge in [-0.1, -0.05) is 89.7 Å². The van der Waals surface area contributed by atoms with Gasteiger partial charge in [0.15, 0.2) is 0 Å². The first-order valence-electron chi connectivity index (χ1n) is 10.9. The molecule has 1 N–H and O–H groups in total. The summed E-state index contributed by atoms with van der Waals surface area (Å²) in [6.07, 6.45) is 28.0. The molecule has 0 aromatic heterocycles.